The van der Waals surface area contributed by atoms with E-state index in [2.05, 4.69) is 24.2 Å². The Morgan fingerprint density at radius 1 is 1.35 bits per heavy atom. The van der Waals surface area contributed by atoms with Gasteiger partial charge in [-0.25, -0.2) is 0 Å². The lowest BCUT2D eigenvalue weighted by Gasteiger charge is -2.21. The summed E-state index contributed by atoms with van der Waals surface area (Å²) in [6.45, 7) is 5.11. The molecule has 0 heterocycles. The van der Waals surface area contributed by atoms with Crippen molar-refractivity contribution >= 4 is 23.2 Å². The average molecular weight is 275 g/mol. The SMILES string of the molecule is CNCC(C)CN(C)Cc1cccc(Cl)c1Cl. The number of rotatable bonds is 6. The molecular weight excluding hydrogens is 255 g/mol. The van der Waals surface area contributed by atoms with Crippen LogP contribution in [0.25, 0.3) is 0 Å². The summed E-state index contributed by atoms with van der Waals surface area (Å²) in [5.41, 5.74) is 1.08. The maximum Gasteiger partial charge on any atom is 0.0637 e. The summed E-state index contributed by atoms with van der Waals surface area (Å²) < 4.78 is 0. The molecule has 4 heteroatoms. The average Bonchev–Trinajstić information content (AvgIpc) is 2.25. The molecule has 0 fully saturated rings. The summed E-state index contributed by atoms with van der Waals surface area (Å²) in [5.74, 6) is 0.614. The maximum absolute atomic E-state index is 6.16. The minimum atomic E-state index is 0.614. The highest BCUT2D eigenvalue weighted by atomic mass is 35.5. The lowest BCUT2D eigenvalue weighted by Crippen LogP contribution is -2.29. The predicted molar refractivity (Wildman–Crippen MR) is 75.9 cm³/mol. The third-order valence-electron chi connectivity index (χ3n) is 2.65. The number of hydrogen-bond donors (Lipinski definition) is 1. The van der Waals surface area contributed by atoms with Crippen molar-refractivity contribution in [2.45, 2.75) is 13.5 Å². The van der Waals surface area contributed by atoms with E-state index in [9.17, 15) is 0 Å². The van der Waals surface area contributed by atoms with Crippen molar-refractivity contribution in [1.82, 2.24) is 10.2 Å². The van der Waals surface area contributed by atoms with Crippen molar-refractivity contribution < 1.29 is 0 Å². The Morgan fingerprint density at radius 3 is 2.71 bits per heavy atom. The highest BCUT2D eigenvalue weighted by Crippen LogP contribution is 2.26. The first-order valence-corrected chi connectivity index (χ1v) is 6.56. The first-order valence-electron chi connectivity index (χ1n) is 5.80. The van der Waals surface area contributed by atoms with Crippen molar-refractivity contribution in [3.8, 4) is 0 Å². The highest BCUT2D eigenvalue weighted by molar-refractivity contribution is 6.42. The molecule has 1 unspecified atom stereocenters. The monoisotopic (exact) mass is 274 g/mol. The summed E-state index contributed by atoms with van der Waals surface area (Å²) in [6.07, 6.45) is 0. The van der Waals surface area contributed by atoms with E-state index >= 15 is 0 Å². The molecule has 17 heavy (non-hydrogen) atoms. The zero-order valence-corrected chi connectivity index (χ0v) is 12.1. The topological polar surface area (TPSA) is 15.3 Å². The number of halogens is 2. The molecule has 0 amide bonds. The molecule has 1 N–H and O–H groups in total. The van der Waals surface area contributed by atoms with Crippen molar-refractivity contribution in [3.05, 3.63) is 33.8 Å². The van der Waals surface area contributed by atoms with E-state index in [1.807, 2.05) is 25.2 Å². The van der Waals surface area contributed by atoms with Crippen molar-refractivity contribution in [3.63, 3.8) is 0 Å². The van der Waals surface area contributed by atoms with Gasteiger partial charge in [0, 0.05) is 13.1 Å². The molecule has 1 rings (SSSR count). The van der Waals surface area contributed by atoms with E-state index < -0.39 is 0 Å². The Kier molecular flexibility index (Phi) is 6.28. The maximum atomic E-state index is 6.16. The molecule has 0 aliphatic heterocycles. The summed E-state index contributed by atoms with van der Waals surface area (Å²) in [4.78, 5) is 2.26. The second kappa shape index (κ2) is 7.22. The van der Waals surface area contributed by atoms with Gasteiger partial charge in [0.25, 0.3) is 0 Å². The zero-order chi connectivity index (χ0) is 12.8. The minimum Gasteiger partial charge on any atom is -0.319 e. The van der Waals surface area contributed by atoms with Crippen LogP contribution in [0.15, 0.2) is 18.2 Å². The van der Waals surface area contributed by atoms with Gasteiger partial charge in [-0.05, 0) is 38.2 Å². The summed E-state index contributed by atoms with van der Waals surface area (Å²) in [5, 5.41) is 4.48. The molecule has 2 nitrogen and oxygen atoms in total. The number of nitrogens with zero attached hydrogens (tertiary/aromatic N) is 1. The van der Waals surface area contributed by atoms with E-state index in [1.165, 1.54) is 0 Å². The second-order valence-electron chi connectivity index (χ2n) is 4.57. The third kappa shape index (κ3) is 4.84. The van der Waals surface area contributed by atoms with Crippen LogP contribution in [0.2, 0.25) is 10.0 Å². The van der Waals surface area contributed by atoms with Gasteiger partial charge in [0.1, 0.15) is 0 Å². The normalized spacial score (nSPS) is 13.1. The van der Waals surface area contributed by atoms with Crippen LogP contribution in [-0.2, 0) is 6.54 Å². The first kappa shape index (κ1) is 14.8. The molecule has 0 aliphatic carbocycles. The standard InChI is InChI=1S/C13H20Cl2N2/c1-10(7-16-2)8-17(3)9-11-5-4-6-12(14)13(11)15/h4-6,10,16H,7-9H2,1-3H3. The molecule has 0 saturated heterocycles. The van der Waals surface area contributed by atoms with Crippen LogP contribution < -0.4 is 5.32 Å². The molecule has 0 saturated carbocycles. The summed E-state index contributed by atoms with van der Waals surface area (Å²) in [7, 11) is 4.08. The Morgan fingerprint density at radius 2 is 2.06 bits per heavy atom. The van der Waals surface area contributed by atoms with Gasteiger partial charge in [-0.2, -0.15) is 0 Å². The van der Waals surface area contributed by atoms with Gasteiger partial charge in [-0.15, -0.1) is 0 Å². The van der Waals surface area contributed by atoms with Crippen molar-refractivity contribution in [2.75, 3.05) is 27.2 Å². The fourth-order valence-corrected chi connectivity index (χ4v) is 2.35. The number of nitrogens with one attached hydrogen (secondary N) is 1. The van der Waals surface area contributed by atoms with Gasteiger partial charge in [0.05, 0.1) is 10.0 Å². The van der Waals surface area contributed by atoms with Gasteiger partial charge in [0.15, 0.2) is 0 Å². The van der Waals surface area contributed by atoms with E-state index in [-0.39, 0.29) is 0 Å². The first-order chi connectivity index (χ1) is 8.04. The molecule has 0 bridgehead atoms. The molecule has 1 aromatic carbocycles. The van der Waals surface area contributed by atoms with Crippen LogP contribution in [0.1, 0.15) is 12.5 Å². The molecule has 0 aromatic heterocycles. The van der Waals surface area contributed by atoms with E-state index in [0.717, 1.165) is 25.2 Å². The van der Waals surface area contributed by atoms with Crippen LogP contribution in [-0.4, -0.2) is 32.1 Å². The van der Waals surface area contributed by atoms with E-state index in [0.29, 0.717) is 16.0 Å². The quantitative estimate of drug-likeness (QED) is 0.857. The summed E-state index contributed by atoms with van der Waals surface area (Å²) in [6, 6.07) is 5.78. The Balaban J connectivity index is 2.56. The molecule has 0 spiro atoms. The molecular formula is C13H20Cl2N2. The van der Waals surface area contributed by atoms with E-state index in [1.54, 1.807) is 0 Å². The third-order valence-corrected chi connectivity index (χ3v) is 3.51. The Hall–Kier alpha value is -0.280. The molecule has 96 valence electrons. The van der Waals surface area contributed by atoms with E-state index in [4.69, 9.17) is 23.2 Å². The number of benzene rings is 1. The zero-order valence-electron chi connectivity index (χ0n) is 10.6. The molecule has 1 atom stereocenters. The van der Waals surface area contributed by atoms with Crippen LogP contribution in [0.5, 0.6) is 0 Å². The van der Waals surface area contributed by atoms with Gasteiger partial charge < -0.3 is 10.2 Å². The van der Waals surface area contributed by atoms with Crippen LogP contribution >= 0.6 is 23.2 Å². The van der Waals surface area contributed by atoms with Crippen molar-refractivity contribution in [1.29, 1.82) is 0 Å². The Labute approximate surface area is 114 Å². The largest absolute Gasteiger partial charge is 0.319 e. The van der Waals surface area contributed by atoms with Crippen LogP contribution in [0.4, 0.5) is 0 Å². The van der Waals surface area contributed by atoms with Gasteiger partial charge in [-0.3, -0.25) is 0 Å². The lowest BCUT2D eigenvalue weighted by atomic mass is 10.1. The fraction of sp³-hybridized carbons (Fsp3) is 0.538. The van der Waals surface area contributed by atoms with Gasteiger partial charge in [-0.1, -0.05) is 42.3 Å². The molecule has 0 aliphatic rings. The highest BCUT2D eigenvalue weighted by Gasteiger charge is 2.09. The lowest BCUT2D eigenvalue weighted by molar-refractivity contribution is 0.276. The second-order valence-corrected chi connectivity index (χ2v) is 5.36. The van der Waals surface area contributed by atoms with Gasteiger partial charge >= 0.3 is 0 Å². The molecule has 1 aromatic rings. The smallest absolute Gasteiger partial charge is 0.0637 e. The predicted octanol–water partition coefficient (Wildman–Crippen LogP) is 3.28. The van der Waals surface area contributed by atoms with Gasteiger partial charge in [0.2, 0.25) is 0 Å². The molecule has 0 radical (unpaired) electrons. The minimum absolute atomic E-state index is 0.614. The summed E-state index contributed by atoms with van der Waals surface area (Å²) >= 11 is 12.2. The fourth-order valence-electron chi connectivity index (χ4n) is 1.97. The Bertz CT molecular complexity index is 355. The van der Waals surface area contributed by atoms with Crippen LogP contribution in [0, 0.1) is 5.92 Å². The van der Waals surface area contributed by atoms with Crippen LogP contribution in [0.3, 0.4) is 0 Å². The van der Waals surface area contributed by atoms with Crippen molar-refractivity contribution in [2.24, 2.45) is 5.92 Å². The number of hydrogen-bond acceptors (Lipinski definition) is 2.